The van der Waals surface area contributed by atoms with Crippen molar-refractivity contribution in [2.75, 3.05) is 0 Å². The second-order valence-electron chi connectivity index (χ2n) is 6.96. The normalized spacial score (nSPS) is 15.5. The Labute approximate surface area is 176 Å². The summed E-state index contributed by atoms with van der Waals surface area (Å²) < 4.78 is 0. The minimum atomic E-state index is -1.26. The topological polar surface area (TPSA) is 136 Å². The van der Waals surface area contributed by atoms with Crippen molar-refractivity contribution in [3.8, 4) is 0 Å². The Morgan fingerprint density at radius 2 is 1.90 bits per heavy atom. The fraction of sp³-hybridized carbons (Fsp3) is 0.238. The lowest BCUT2D eigenvalue weighted by atomic mass is 9.83. The van der Waals surface area contributed by atoms with E-state index in [1.54, 1.807) is 6.33 Å². The molecule has 0 fully saturated rings. The van der Waals surface area contributed by atoms with E-state index in [0.717, 1.165) is 52.8 Å². The van der Waals surface area contributed by atoms with Gasteiger partial charge in [-0.25, -0.2) is 14.6 Å². The number of aromatic nitrogens is 3. The summed E-state index contributed by atoms with van der Waals surface area (Å²) in [6.07, 6.45) is 5.28. The number of halogens is 1. The lowest BCUT2D eigenvalue weighted by Crippen LogP contribution is -2.23. The summed E-state index contributed by atoms with van der Waals surface area (Å²) >= 11 is 6.10. The van der Waals surface area contributed by atoms with E-state index in [0.29, 0.717) is 17.2 Å². The van der Waals surface area contributed by atoms with Gasteiger partial charge >= 0.3 is 11.9 Å². The Hall–Kier alpha value is -3.39. The number of H-pyrrole nitrogens is 2. The van der Waals surface area contributed by atoms with Crippen LogP contribution in [0.1, 0.15) is 33.9 Å². The lowest BCUT2D eigenvalue weighted by molar-refractivity contribution is -0.134. The van der Waals surface area contributed by atoms with Gasteiger partial charge in [0.15, 0.2) is 5.78 Å². The second-order valence-corrected chi connectivity index (χ2v) is 7.39. The Balaban J connectivity index is 0.000000275. The molecule has 9 heteroatoms. The van der Waals surface area contributed by atoms with E-state index >= 15 is 0 Å². The van der Waals surface area contributed by atoms with Gasteiger partial charge in [-0.15, -0.1) is 0 Å². The first-order valence-electron chi connectivity index (χ1n) is 9.23. The Bertz CT molecular complexity index is 1130. The van der Waals surface area contributed by atoms with Gasteiger partial charge in [0.25, 0.3) is 0 Å². The highest BCUT2D eigenvalue weighted by atomic mass is 35.5. The molecule has 0 saturated carbocycles. The van der Waals surface area contributed by atoms with Gasteiger partial charge in [0, 0.05) is 50.9 Å². The van der Waals surface area contributed by atoms with Gasteiger partial charge in [0.05, 0.1) is 12.0 Å². The van der Waals surface area contributed by atoms with Gasteiger partial charge in [-0.3, -0.25) is 4.79 Å². The third kappa shape index (κ3) is 4.77. The molecule has 3 aromatic rings. The van der Waals surface area contributed by atoms with Crippen molar-refractivity contribution in [2.45, 2.75) is 26.2 Å². The standard InChI is InChI=1S/C17H16ClN3O.C4H4O4/c1-9-16(12-7-11(18)3-5-13(12)21-9)17(22)10-2-4-14-15(6-10)20-8-19-14;5-3(6)1-2-4(7)8/h3,5,7-8,10,21H,2,4,6H2,1H3,(H,19,20);1-2H,(H,5,6)(H,7,8). The summed E-state index contributed by atoms with van der Waals surface area (Å²) in [5.41, 5.74) is 4.86. The molecule has 1 aromatic carbocycles. The van der Waals surface area contributed by atoms with Crippen LogP contribution in [0.2, 0.25) is 5.02 Å². The first kappa shape index (κ1) is 21.3. The monoisotopic (exact) mass is 429 g/mol. The van der Waals surface area contributed by atoms with Gasteiger partial charge in [-0.2, -0.15) is 0 Å². The quantitative estimate of drug-likeness (QED) is 0.370. The number of hydrogen-bond donors (Lipinski definition) is 4. The number of benzene rings is 1. The van der Waals surface area contributed by atoms with E-state index in [9.17, 15) is 14.4 Å². The van der Waals surface area contributed by atoms with Crippen molar-refractivity contribution in [1.29, 1.82) is 0 Å². The molecule has 0 radical (unpaired) electrons. The van der Waals surface area contributed by atoms with Crippen LogP contribution in [-0.2, 0) is 22.4 Å². The number of hydrogen-bond acceptors (Lipinski definition) is 4. The van der Waals surface area contributed by atoms with Crippen LogP contribution in [0, 0.1) is 12.8 Å². The van der Waals surface area contributed by atoms with Gasteiger partial charge in [-0.1, -0.05) is 11.6 Å². The summed E-state index contributed by atoms with van der Waals surface area (Å²) in [6.45, 7) is 1.95. The summed E-state index contributed by atoms with van der Waals surface area (Å²) in [4.78, 5) is 42.9. The van der Waals surface area contributed by atoms with Gasteiger partial charge in [0.1, 0.15) is 0 Å². The first-order valence-corrected chi connectivity index (χ1v) is 9.61. The highest BCUT2D eigenvalue weighted by Crippen LogP contribution is 2.31. The molecular formula is C21H20ClN3O5. The Morgan fingerprint density at radius 1 is 1.20 bits per heavy atom. The summed E-state index contributed by atoms with van der Waals surface area (Å²) in [6, 6.07) is 5.64. The number of nitrogens with zero attached hydrogens (tertiary/aromatic N) is 1. The average Bonchev–Trinajstić information content (AvgIpc) is 3.29. The number of carboxylic acid groups (broad SMARTS) is 2. The maximum Gasteiger partial charge on any atom is 0.328 e. The fourth-order valence-corrected chi connectivity index (χ4v) is 3.76. The molecule has 8 nitrogen and oxygen atoms in total. The zero-order valence-corrected chi connectivity index (χ0v) is 16.9. The van der Waals surface area contributed by atoms with Crippen molar-refractivity contribution >= 4 is 40.2 Å². The predicted octanol–water partition coefficient (Wildman–Crippen LogP) is 3.55. The molecular weight excluding hydrogens is 410 g/mol. The van der Waals surface area contributed by atoms with E-state index in [1.165, 1.54) is 0 Å². The smallest absolute Gasteiger partial charge is 0.328 e. The number of Topliss-reactive ketones (excluding diaryl/α,β-unsaturated/α-hetero) is 1. The third-order valence-corrected chi connectivity index (χ3v) is 5.16. The molecule has 2 aromatic heterocycles. The Kier molecular flexibility index (Phi) is 6.37. The minimum Gasteiger partial charge on any atom is -0.478 e. The molecule has 1 atom stereocenters. The lowest BCUT2D eigenvalue weighted by Gasteiger charge is -2.20. The summed E-state index contributed by atoms with van der Waals surface area (Å²) in [5, 5.41) is 17.2. The predicted molar refractivity (Wildman–Crippen MR) is 111 cm³/mol. The number of rotatable bonds is 4. The number of imidazole rings is 1. The van der Waals surface area contributed by atoms with E-state index in [1.807, 2.05) is 25.1 Å². The van der Waals surface area contributed by atoms with Gasteiger partial charge in [-0.05, 0) is 44.4 Å². The summed E-state index contributed by atoms with van der Waals surface area (Å²) in [5.74, 6) is -2.31. The van der Waals surface area contributed by atoms with Crippen molar-refractivity contribution in [2.24, 2.45) is 5.92 Å². The summed E-state index contributed by atoms with van der Waals surface area (Å²) in [7, 11) is 0. The van der Waals surface area contributed by atoms with E-state index in [2.05, 4.69) is 15.0 Å². The van der Waals surface area contributed by atoms with E-state index < -0.39 is 11.9 Å². The number of fused-ring (bicyclic) bond motifs is 2. The highest BCUT2D eigenvalue weighted by molar-refractivity contribution is 6.31. The molecule has 0 spiro atoms. The van der Waals surface area contributed by atoms with Crippen LogP contribution < -0.4 is 0 Å². The van der Waals surface area contributed by atoms with E-state index in [-0.39, 0.29) is 11.7 Å². The number of carboxylic acids is 2. The molecule has 156 valence electrons. The molecule has 1 aliphatic rings. The van der Waals surface area contributed by atoms with Crippen molar-refractivity contribution in [1.82, 2.24) is 15.0 Å². The first-order chi connectivity index (χ1) is 14.3. The molecule has 2 heterocycles. The van der Waals surface area contributed by atoms with Crippen LogP contribution in [0.15, 0.2) is 36.7 Å². The number of ketones is 1. The number of aryl methyl sites for hydroxylation is 2. The van der Waals surface area contributed by atoms with Crippen LogP contribution in [0.5, 0.6) is 0 Å². The van der Waals surface area contributed by atoms with Gasteiger partial charge < -0.3 is 20.2 Å². The van der Waals surface area contributed by atoms with Crippen molar-refractivity contribution < 1.29 is 24.6 Å². The molecule has 0 bridgehead atoms. The van der Waals surface area contributed by atoms with E-state index in [4.69, 9.17) is 21.8 Å². The van der Waals surface area contributed by atoms with Crippen LogP contribution in [0.25, 0.3) is 10.9 Å². The van der Waals surface area contributed by atoms with Crippen LogP contribution in [0.4, 0.5) is 0 Å². The number of carbonyl (C=O) groups excluding carboxylic acids is 1. The molecule has 4 rings (SSSR count). The molecule has 0 amide bonds. The van der Waals surface area contributed by atoms with Crippen LogP contribution in [0.3, 0.4) is 0 Å². The van der Waals surface area contributed by atoms with Crippen molar-refractivity contribution in [3.63, 3.8) is 0 Å². The number of aromatic amines is 2. The Morgan fingerprint density at radius 3 is 2.57 bits per heavy atom. The highest BCUT2D eigenvalue weighted by Gasteiger charge is 2.29. The zero-order chi connectivity index (χ0) is 21.8. The SMILES string of the molecule is Cc1[nH]c2ccc(Cl)cc2c1C(=O)C1CCc2nc[nH]c2C1.O=C(O)C=CC(=O)O. The van der Waals surface area contributed by atoms with Crippen molar-refractivity contribution in [3.05, 3.63) is 64.3 Å². The molecule has 1 aliphatic carbocycles. The fourth-order valence-electron chi connectivity index (χ4n) is 3.59. The van der Waals surface area contributed by atoms with Crippen LogP contribution >= 0.6 is 11.6 Å². The number of carbonyl (C=O) groups is 3. The second kappa shape index (κ2) is 8.96. The molecule has 4 N–H and O–H groups in total. The minimum absolute atomic E-state index is 0.00429. The largest absolute Gasteiger partial charge is 0.478 e. The molecule has 30 heavy (non-hydrogen) atoms. The number of nitrogens with one attached hydrogen (secondary N) is 2. The zero-order valence-electron chi connectivity index (χ0n) is 16.1. The molecule has 0 saturated heterocycles. The maximum atomic E-state index is 13.0. The number of aliphatic carboxylic acids is 2. The third-order valence-electron chi connectivity index (χ3n) is 4.92. The van der Waals surface area contributed by atoms with Crippen LogP contribution in [-0.4, -0.2) is 42.9 Å². The molecule has 0 aliphatic heterocycles. The van der Waals surface area contributed by atoms with Gasteiger partial charge in [0.2, 0.25) is 0 Å². The molecule has 1 unspecified atom stereocenters. The average molecular weight is 430 g/mol. The maximum absolute atomic E-state index is 13.0.